The highest BCUT2D eigenvalue weighted by molar-refractivity contribution is 5.85. The zero-order chi connectivity index (χ0) is 15.0. The van der Waals surface area contributed by atoms with Crippen LogP contribution in [0.2, 0.25) is 0 Å². The topological polar surface area (TPSA) is 59.6 Å². The number of ether oxygens (including phenoxy) is 2. The molecule has 2 N–H and O–H groups in total. The smallest absolute Gasteiger partial charge is 0.246 e. The van der Waals surface area contributed by atoms with Gasteiger partial charge in [-0.1, -0.05) is 19.3 Å². The Kier molecular flexibility index (Phi) is 9.33. The zero-order valence-corrected chi connectivity index (χ0v) is 14.5. The van der Waals surface area contributed by atoms with Gasteiger partial charge in [0.1, 0.15) is 6.61 Å². The van der Waals surface area contributed by atoms with Crippen LogP contribution >= 0.6 is 12.4 Å². The number of nitrogens with one attached hydrogen (secondary N) is 2. The van der Waals surface area contributed by atoms with Gasteiger partial charge in [0.05, 0.1) is 12.7 Å². The molecule has 1 saturated heterocycles. The van der Waals surface area contributed by atoms with Crippen molar-refractivity contribution in [2.75, 3.05) is 40.0 Å². The monoisotopic (exact) mass is 334 g/mol. The fourth-order valence-corrected chi connectivity index (χ4v) is 3.40. The minimum Gasteiger partial charge on any atom is -0.384 e. The number of hydrogen-bond acceptors (Lipinski definition) is 4. The summed E-state index contributed by atoms with van der Waals surface area (Å²) < 4.78 is 11.1. The number of halogens is 1. The maximum absolute atomic E-state index is 12.0. The van der Waals surface area contributed by atoms with Crippen LogP contribution in [0.3, 0.4) is 0 Å². The second-order valence-electron chi connectivity index (χ2n) is 6.53. The second-order valence-corrected chi connectivity index (χ2v) is 6.53. The molecule has 2 aliphatic rings. The lowest BCUT2D eigenvalue weighted by Crippen LogP contribution is -2.47. The van der Waals surface area contributed by atoms with Crippen molar-refractivity contribution in [3.63, 3.8) is 0 Å². The first kappa shape index (κ1) is 19.7. The molecule has 0 aromatic rings. The molecule has 0 spiro atoms. The molecule has 1 aliphatic heterocycles. The van der Waals surface area contributed by atoms with Crippen molar-refractivity contribution in [3.05, 3.63) is 0 Å². The largest absolute Gasteiger partial charge is 0.384 e. The molecule has 2 fully saturated rings. The van der Waals surface area contributed by atoms with Crippen molar-refractivity contribution in [1.82, 2.24) is 10.6 Å². The van der Waals surface area contributed by atoms with Gasteiger partial charge in [-0.2, -0.15) is 0 Å². The van der Waals surface area contributed by atoms with Crippen LogP contribution in [-0.4, -0.2) is 52.0 Å². The number of methoxy groups -OCH3 is 1. The first-order valence-electron chi connectivity index (χ1n) is 8.32. The molecule has 2 rings (SSSR count). The lowest BCUT2D eigenvalue weighted by Gasteiger charge is -2.37. The van der Waals surface area contributed by atoms with Crippen molar-refractivity contribution < 1.29 is 14.3 Å². The van der Waals surface area contributed by atoms with Crippen molar-refractivity contribution in [1.29, 1.82) is 0 Å². The molecule has 1 heterocycles. The van der Waals surface area contributed by atoms with E-state index in [1.165, 1.54) is 19.3 Å². The molecule has 0 atom stereocenters. The highest BCUT2D eigenvalue weighted by Gasteiger charge is 2.32. The lowest BCUT2D eigenvalue weighted by molar-refractivity contribution is -0.129. The van der Waals surface area contributed by atoms with Gasteiger partial charge >= 0.3 is 0 Å². The van der Waals surface area contributed by atoms with E-state index < -0.39 is 0 Å². The molecule has 1 aliphatic carbocycles. The quantitative estimate of drug-likeness (QED) is 0.746. The number of carbonyl (C=O) groups excluding carboxylic acids is 1. The van der Waals surface area contributed by atoms with E-state index in [9.17, 15) is 4.79 Å². The molecule has 0 unspecified atom stereocenters. The standard InChI is InChI=1S/C16H30N2O3.ClH/c1-20-13-16(7-9-17-10-8-16)12-18-15(19)11-21-14-5-3-2-4-6-14;/h14,17H,2-13H2,1H3,(H,18,19);1H. The molecular weight excluding hydrogens is 304 g/mol. The fraction of sp³-hybridized carbons (Fsp3) is 0.938. The molecule has 5 nitrogen and oxygen atoms in total. The van der Waals surface area contributed by atoms with E-state index in [0.717, 1.165) is 38.8 Å². The summed E-state index contributed by atoms with van der Waals surface area (Å²) >= 11 is 0. The Hall–Kier alpha value is -0.360. The summed E-state index contributed by atoms with van der Waals surface area (Å²) in [4.78, 5) is 12.0. The van der Waals surface area contributed by atoms with Gasteiger partial charge in [-0.15, -0.1) is 12.4 Å². The first-order valence-corrected chi connectivity index (χ1v) is 8.32. The third-order valence-corrected chi connectivity index (χ3v) is 4.78. The van der Waals surface area contributed by atoms with Crippen molar-refractivity contribution >= 4 is 18.3 Å². The Bertz CT molecular complexity index is 311. The predicted molar refractivity (Wildman–Crippen MR) is 89.5 cm³/mol. The second kappa shape index (κ2) is 10.4. The fourth-order valence-electron chi connectivity index (χ4n) is 3.40. The van der Waals surface area contributed by atoms with Crippen LogP contribution in [-0.2, 0) is 14.3 Å². The summed E-state index contributed by atoms with van der Waals surface area (Å²) in [6.07, 6.45) is 8.36. The lowest BCUT2D eigenvalue weighted by atomic mass is 9.79. The van der Waals surface area contributed by atoms with Gasteiger partial charge in [0.2, 0.25) is 5.91 Å². The summed E-state index contributed by atoms with van der Waals surface area (Å²) in [5.41, 5.74) is 0.0838. The SMILES string of the molecule is COCC1(CNC(=O)COC2CCCCC2)CCNCC1.Cl. The highest BCUT2D eigenvalue weighted by Crippen LogP contribution is 2.28. The van der Waals surface area contributed by atoms with Gasteiger partial charge in [0.25, 0.3) is 0 Å². The van der Waals surface area contributed by atoms with E-state index in [0.29, 0.717) is 13.2 Å². The van der Waals surface area contributed by atoms with Crippen LogP contribution in [0.25, 0.3) is 0 Å². The molecule has 6 heteroatoms. The summed E-state index contributed by atoms with van der Waals surface area (Å²) in [5.74, 6) is 0.00887. The summed E-state index contributed by atoms with van der Waals surface area (Å²) in [5, 5.41) is 6.41. The number of hydrogen-bond donors (Lipinski definition) is 2. The van der Waals surface area contributed by atoms with Gasteiger partial charge < -0.3 is 20.1 Å². The first-order chi connectivity index (χ1) is 10.2. The maximum Gasteiger partial charge on any atom is 0.246 e. The van der Waals surface area contributed by atoms with Gasteiger partial charge in [-0.05, 0) is 38.8 Å². The molecule has 0 radical (unpaired) electrons. The predicted octanol–water partition coefficient (Wildman–Crippen LogP) is 1.89. The van der Waals surface area contributed by atoms with E-state index in [-0.39, 0.29) is 36.4 Å². The Morgan fingerprint density at radius 1 is 1.23 bits per heavy atom. The Morgan fingerprint density at radius 2 is 1.91 bits per heavy atom. The Balaban J connectivity index is 0.00000242. The van der Waals surface area contributed by atoms with E-state index in [1.807, 2.05) is 0 Å². The van der Waals surface area contributed by atoms with E-state index in [1.54, 1.807) is 7.11 Å². The zero-order valence-electron chi connectivity index (χ0n) is 13.7. The van der Waals surface area contributed by atoms with Crippen molar-refractivity contribution in [2.45, 2.75) is 51.0 Å². The average Bonchev–Trinajstić information content (AvgIpc) is 2.53. The maximum atomic E-state index is 12.0. The van der Waals surface area contributed by atoms with Crippen LogP contribution in [0.1, 0.15) is 44.9 Å². The molecule has 1 saturated carbocycles. The van der Waals surface area contributed by atoms with Crippen molar-refractivity contribution in [3.8, 4) is 0 Å². The average molecular weight is 335 g/mol. The molecule has 1 amide bonds. The van der Waals surface area contributed by atoms with Gasteiger partial charge in [-0.25, -0.2) is 0 Å². The van der Waals surface area contributed by atoms with E-state index >= 15 is 0 Å². The van der Waals surface area contributed by atoms with E-state index in [2.05, 4.69) is 10.6 Å². The molecule has 0 bridgehead atoms. The van der Waals surface area contributed by atoms with E-state index in [4.69, 9.17) is 9.47 Å². The van der Waals surface area contributed by atoms with Crippen LogP contribution in [0.15, 0.2) is 0 Å². The third kappa shape index (κ3) is 6.41. The summed E-state index contributed by atoms with van der Waals surface area (Å²) in [6.45, 7) is 3.59. The van der Waals surface area contributed by atoms with Crippen LogP contribution in [0, 0.1) is 5.41 Å². The van der Waals surface area contributed by atoms with Gasteiger partial charge in [0, 0.05) is 19.1 Å². The minimum atomic E-state index is 0. The third-order valence-electron chi connectivity index (χ3n) is 4.78. The molecular formula is C16H31ClN2O3. The number of rotatable bonds is 7. The van der Waals surface area contributed by atoms with Gasteiger partial charge in [-0.3, -0.25) is 4.79 Å². The Morgan fingerprint density at radius 3 is 2.55 bits per heavy atom. The van der Waals surface area contributed by atoms with Crippen LogP contribution in [0.4, 0.5) is 0 Å². The summed E-state index contributed by atoms with van der Waals surface area (Å²) in [6, 6.07) is 0. The number of piperidine rings is 1. The van der Waals surface area contributed by atoms with Crippen molar-refractivity contribution in [2.24, 2.45) is 5.41 Å². The molecule has 0 aromatic carbocycles. The molecule has 0 aromatic heterocycles. The molecule has 22 heavy (non-hydrogen) atoms. The number of amides is 1. The van der Waals surface area contributed by atoms with Gasteiger partial charge in [0.15, 0.2) is 0 Å². The molecule has 130 valence electrons. The Labute approximate surface area is 140 Å². The normalized spacial score (nSPS) is 21.9. The summed E-state index contributed by atoms with van der Waals surface area (Å²) in [7, 11) is 1.73. The highest BCUT2D eigenvalue weighted by atomic mass is 35.5. The minimum absolute atomic E-state index is 0. The van der Waals surface area contributed by atoms with Crippen LogP contribution < -0.4 is 10.6 Å². The number of carbonyl (C=O) groups is 1. The van der Waals surface area contributed by atoms with Crippen LogP contribution in [0.5, 0.6) is 0 Å².